The number of rotatable bonds is 2. The molecule has 0 atom stereocenters. The molecule has 4 N–H and O–H groups in total. The fourth-order valence-electron chi connectivity index (χ4n) is 3.61. The number of nitrogens with two attached hydrogens (primary N) is 1. The first-order valence-corrected chi connectivity index (χ1v) is 8.96. The summed E-state index contributed by atoms with van der Waals surface area (Å²) in [5.41, 5.74) is 6.80. The first-order chi connectivity index (χ1) is 14.5. The summed E-state index contributed by atoms with van der Waals surface area (Å²) in [6, 6.07) is 14.7. The maximum atomic E-state index is 12.8. The van der Waals surface area contributed by atoms with Crippen LogP contribution in [-0.2, 0) is 0 Å². The molecule has 0 aliphatic carbocycles. The van der Waals surface area contributed by atoms with Crippen molar-refractivity contribution in [3.63, 3.8) is 0 Å². The lowest BCUT2D eigenvalue weighted by atomic mass is 10.1. The van der Waals surface area contributed by atoms with Crippen LogP contribution in [0.1, 0.15) is 20.7 Å². The number of anilines is 1. The number of aromatic amines is 1. The van der Waals surface area contributed by atoms with Gasteiger partial charge in [-0.15, -0.1) is 0 Å². The molecule has 4 aromatic rings. The standard InChI is InChI=1S/C21H13N5O4/c22-18-16-11(19(28)25-20(16)29)9-15(27)26(18)14-8-4-1-5-10(14)17-21(30)24-13-7-3-2-6-12(13)23-17/h1-9H,22H2,(H,24,30)(H,25,28,29). The van der Waals surface area contributed by atoms with E-state index in [0.717, 1.165) is 10.6 Å². The minimum Gasteiger partial charge on any atom is -0.384 e. The van der Waals surface area contributed by atoms with Crippen LogP contribution in [0.4, 0.5) is 5.82 Å². The first-order valence-electron chi connectivity index (χ1n) is 8.96. The maximum absolute atomic E-state index is 12.8. The molecule has 3 heterocycles. The minimum atomic E-state index is -0.680. The molecule has 1 aliphatic heterocycles. The van der Waals surface area contributed by atoms with Crippen molar-refractivity contribution in [2.24, 2.45) is 0 Å². The molecule has 2 aromatic carbocycles. The predicted octanol–water partition coefficient (Wildman–Crippen LogP) is 1.21. The van der Waals surface area contributed by atoms with Gasteiger partial charge in [-0.2, -0.15) is 0 Å². The van der Waals surface area contributed by atoms with Gasteiger partial charge >= 0.3 is 0 Å². The average Bonchev–Trinajstić information content (AvgIpc) is 3.01. The molecule has 1 aliphatic rings. The molecule has 9 nitrogen and oxygen atoms in total. The Morgan fingerprint density at radius 3 is 2.43 bits per heavy atom. The highest BCUT2D eigenvalue weighted by atomic mass is 16.2. The lowest BCUT2D eigenvalue weighted by Gasteiger charge is -2.15. The van der Waals surface area contributed by atoms with Gasteiger partial charge in [0.2, 0.25) is 0 Å². The quantitative estimate of drug-likeness (QED) is 0.433. The van der Waals surface area contributed by atoms with Gasteiger partial charge < -0.3 is 10.7 Å². The minimum absolute atomic E-state index is 0.0714. The number of H-pyrrole nitrogens is 1. The second-order valence-corrected chi connectivity index (χ2v) is 6.72. The molecule has 5 rings (SSSR count). The van der Waals surface area contributed by atoms with E-state index < -0.39 is 22.9 Å². The molecule has 9 heteroatoms. The number of pyridine rings is 1. The SMILES string of the molecule is Nc1c2c(cc(=O)n1-c1ccccc1-c1nc3ccccc3[nH]c1=O)C(=O)NC2=O. The van der Waals surface area contributed by atoms with Crippen molar-refractivity contribution in [1.82, 2.24) is 19.9 Å². The first kappa shape index (κ1) is 17.6. The van der Waals surface area contributed by atoms with Crippen LogP contribution in [0.3, 0.4) is 0 Å². The van der Waals surface area contributed by atoms with Gasteiger partial charge in [-0.1, -0.05) is 30.3 Å². The molecule has 0 radical (unpaired) electrons. The van der Waals surface area contributed by atoms with E-state index in [9.17, 15) is 19.2 Å². The number of carbonyl (C=O) groups is 2. The van der Waals surface area contributed by atoms with E-state index in [2.05, 4.69) is 15.3 Å². The maximum Gasteiger partial charge on any atom is 0.275 e. The summed E-state index contributed by atoms with van der Waals surface area (Å²) >= 11 is 0. The number of nitrogens with one attached hydrogen (secondary N) is 2. The topological polar surface area (TPSA) is 140 Å². The lowest BCUT2D eigenvalue weighted by molar-refractivity contribution is 0.0880. The molecular weight excluding hydrogens is 386 g/mol. The van der Waals surface area contributed by atoms with Crippen LogP contribution in [-0.4, -0.2) is 26.3 Å². The normalized spacial score (nSPS) is 12.8. The molecule has 0 spiro atoms. The van der Waals surface area contributed by atoms with Crippen molar-refractivity contribution in [3.8, 4) is 16.9 Å². The number of nitrogen functional groups attached to an aromatic ring is 1. The van der Waals surface area contributed by atoms with Gasteiger partial charge in [-0.3, -0.25) is 29.1 Å². The number of fused-ring (bicyclic) bond motifs is 2. The zero-order valence-corrected chi connectivity index (χ0v) is 15.3. The fourth-order valence-corrected chi connectivity index (χ4v) is 3.61. The van der Waals surface area contributed by atoms with Crippen LogP contribution < -0.4 is 22.2 Å². The Morgan fingerprint density at radius 2 is 1.60 bits per heavy atom. The van der Waals surface area contributed by atoms with E-state index in [0.29, 0.717) is 16.6 Å². The van der Waals surface area contributed by atoms with Gasteiger partial charge in [0, 0.05) is 11.6 Å². The highest BCUT2D eigenvalue weighted by Crippen LogP contribution is 2.28. The number of hydrogen-bond donors (Lipinski definition) is 3. The van der Waals surface area contributed by atoms with Crippen LogP contribution in [0.2, 0.25) is 0 Å². The Hall–Kier alpha value is -4.53. The summed E-state index contributed by atoms with van der Waals surface area (Å²) in [6.45, 7) is 0. The smallest absolute Gasteiger partial charge is 0.275 e. The largest absolute Gasteiger partial charge is 0.384 e. The van der Waals surface area contributed by atoms with Crippen molar-refractivity contribution in [3.05, 3.63) is 86.4 Å². The van der Waals surface area contributed by atoms with Crippen molar-refractivity contribution in [2.45, 2.75) is 0 Å². The van der Waals surface area contributed by atoms with Gasteiger partial charge in [0.25, 0.3) is 22.9 Å². The van der Waals surface area contributed by atoms with Crippen molar-refractivity contribution >= 4 is 28.7 Å². The number of para-hydroxylation sites is 3. The van der Waals surface area contributed by atoms with Gasteiger partial charge in [-0.25, -0.2) is 4.98 Å². The Kier molecular flexibility index (Phi) is 3.65. The van der Waals surface area contributed by atoms with Gasteiger partial charge in [0.15, 0.2) is 0 Å². The second kappa shape index (κ2) is 6.24. The third-order valence-corrected chi connectivity index (χ3v) is 4.95. The van der Waals surface area contributed by atoms with Crippen molar-refractivity contribution < 1.29 is 9.59 Å². The number of aromatic nitrogens is 3. The molecule has 0 bridgehead atoms. The molecule has 30 heavy (non-hydrogen) atoms. The zero-order chi connectivity index (χ0) is 21.0. The summed E-state index contributed by atoms with van der Waals surface area (Å²) in [6.07, 6.45) is 0. The van der Waals surface area contributed by atoms with Crippen molar-refractivity contribution in [1.29, 1.82) is 0 Å². The molecule has 0 saturated heterocycles. The Bertz CT molecular complexity index is 1520. The monoisotopic (exact) mass is 399 g/mol. The summed E-state index contributed by atoms with van der Waals surface area (Å²) in [5.74, 6) is -1.54. The molecule has 2 aromatic heterocycles. The summed E-state index contributed by atoms with van der Waals surface area (Å²) < 4.78 is 1.10. The number of carbonyl (C=O) groups excluding carboxylic acids is 2. The number of hydrogen-bond acceptors (Lipinski definition) is 6. The van der Waals surface area contributed by atoms with E-state index in [4.69, 9.17) is 5.73 Å². The molecular formula is C21H13N5O4. The van der Waals surface area contributed by atoms with Gasteiger partial charge in [-0.05, 0) is 18.2 Å². The summed E-state index contributed by atoms with van der Waals surface area (Å²) in [7, 11) is 0. The molecule has 2 amide bonds. The Labute approximate surface area is 167 Å². The second-order valence-electron chi connectivity index (χ2n) is 6.72. The van der Waals surface area contributed by atoms with Crippen LogP contribution in [0.15, 0.2) is 64.2 Å². The summed E-state index contributed by atoms with van der Waals surface area (Å²) in [4.78, 5) is 56.8. The van der Waals surface area contributed by atoms with Crippen LogP contribution in [0.5, 0.6) is 0 Å². The Balaban J connectivity index is 1.82. The highest BCUT2D eigenvalue weighted by Gasteiger charge is 2.32. The lowest BCUT2D eigenvalue weighted by Crippen LogP contribution is -2.25. The van der Waals surface area contributed by atoms with E-state index >= 15 is 0 Å². The molecule has 146 valence electrons. The van der Waals surface area contributed by atoms with E-state index in [1.54, 1.807) is 48.5 Å². The van der Waals surface area contributed by atoms with Gasteiger partial charge in [0.05, 0.1) is 27.8 Å². The van der Waals surface area contributed by atoms with Crippen LogP contribution >= 0.6 is 0 Å². The van der Waals surface area contributed by atoms with E-state index in [1.807, 2.05) is 0 Å². The van der Waals surface area contributed by atoms with E-state index in [1.165, 1.54) is 0 Å². The molecule has 0 fully saturated rings. The van der Waals surface area contributed by atoms with Gasteiger partial charge in [0.1, 0.15) is 11.5 Å². The highest BCUT2D eigenvalue weighted by molar-refractivity contribution is 6.23. The zero-order valence-electron chi connectivity index (χ0n) is 15.3. The number of nitrogens with zero attached hydrogens (tertiary/aromatic N) is 2. The Morgan fingerprint density at radius 1 is 0.867 bits per heavy atom. The average molecular weight is 399 g/mol. The predicted molar refractivity (Wildman–Crippen MR) is 110 cm³/mol. The molecule has 0 unspecified atom stereocenters. The number of amides is 2. The summed E-state index contributed by atoms with van der Waals surface area (Å²) in [5, 5.41) is 2.13. The third-order valence-electron chi connectivity index (χ3n) is 4.95. The fraction of sp³-hybridized carbons (Fsp3) is 0. The van der Waals surface area contributed by atoms with Crippen LogP contribution in [0, 0.1) is 0 Å². The number of benzene rings is 2. The van der Waals surface area contributed by atoms with Crippen LogP contribution in [0.25, 0.3) is 28.0 Å². The number of imide groups is 1. The van der Waals surface area contributed by atoms with Crippen molar-refractivity contribution in [2.75, 3.05) is 5.73 Å². The third kappa shape index (κ3) is 2.46. The molecule has 0 saturated carbocycles. The van der Waals surface area contributed by atoms with E-state index in [-0.39, 0.29) is 28.3 Å².